The van der Waals surface area contributed by atoms with E-state index in [4.69, 9.17) is 0 Å². The van der Waals surface area contributed by atoms with Gasteiger partial charge < -0.3 is 10.2 Å². The molecule has 1 atom stereocenters. The lowest BCUT2D eigenvalue weighted by molar-refractivity contribution is 0.562. The average molecular weight is 258 g/mol. The molecule has 0 bridgehead atoms. The van der Waals surface area contributed by atoms with Crippen LogP contribution in [0.25, 0.3) is 0 Å². The highest BCUT2D eigenvalue weighted by Crippen LogP contribution is 2.17. The topological polar surface area (TPSA) is 33.1 Å². The first kappa shape index (κ1) is 13.6. The predicted octanol–water partition coefficient (Wildman–Crippen LogP) is 2.34. The van der Waals surface area contributed by atoms with Gasteiger partial charge >= 0.3 is 0 Å². The molecule has 1 aromatic carbocycles. The largest absolute Gasteiger partial charge is 0.378 e. The van der Waals surface area contributed by atoms with E-state index < -0.39 is 0 Å². The summed E-state index contributed by atoms with van der Waals surface area (Å²) in [4.78, 5) is 2.11. The summed E-state index contributed by atoms with van der Waals surface area (Å²) in [6.45, 7) is 2.96. The Morgan fingerprint density at radius 3 is 2.42 bits per heavy atom. The van der Waals surface area contributed by atoms with Crippen LogP contribution in [0.4, 0.5) is 5.69 Å². The van der Waals surface area contributed by atoms with Crippen LogP contribution in [-0.4, -0.2) is 23.9 Å². The SMILES string of the molecule is CC(NCc1ccn(C)n1)c1ccc(N(C)C)cc1. The summed E-state index contributed by atoms with van der Waals surface area (Å²) in [5.74, 6) is 0. The van der Waals surface area contributed by atoms with Crippen LogP contribution in [0.2, 0.25) is 0 Å². The van der Waals surface area contributed by atoms with E-state index in [0.29, 0.717) is 6.04 Å². The second-order valence-corrected chi connectivity index (χ2v) is 5.07. The third-order valence-corrected chi connectivity index (χ3v) is 3.27. The van der Waals surface area contributed by atoms with Crippen LogP contribution in [0.1, 0.15) is 24.2 Å². The molecule has 2 rings (SSSR count). The van der Waals surface area contributed by atoms with Gasteiger partial charge in [-0.2, -0.15) is 5.10 Å². The van der Waals surface area contributed by atoms with Crippen molar-refractivity contribution in [2.24, 2.45) is 7.05 Å². The van der Waals surface area contributed by atoms with Crippen molar-refractivity contribution >= 4 is 5.69 Å². The Bertz CT molecular complexity index is 513. The second kappa shape index (κ2) is 5.89. The summed E-state index contributed by atoms with van der Waals surface area (Å²) in [5, 5.41) is 7.85. The van der Waals surface area contributed by atoms with Gasteiger partial charge in [0.2, 0.25) is 0 Å². The number of hydrogen-bond acceptors (Lipinski definition) is 3. The molecule has 19 heavy (non-hydrogen) atoms. The summed E-state index contributed by atoms with van der Waals surface area (Å²) < 4.78 is 1.83. The molecule has 1 heterocycles. The summed E-state index contributed by atoms with van der Waals surface area (Å²) in [6.07, 6.45) is 1.97. The minimum absolute atomic E-state index is 0.318. The van der Waals surface area contributed by atoms with Gasteiger partial charge in [-0.3, -0.25) is 4.68 Å². The van der Waals surface area contributed by atoms with E-state index in [0.717, 1.165) is 12.2 Å². The van der Waals surface area contributed by atoms with E-state index >= 15 is 0 Å². The van der Waals surface area contributed by atoms with Crippen molar-refractivity contribution in [1.29, 1.82) is 0 Å². The molecule has 0 fully saturated rings. The van der Waals surface area contributed by atoms with E-state index in [1.54, 1.807) is 0 Å². The fourth-order valence-corrected chi connectivity index (χ4v) is 1.99. The Labute approximate surface area is 115 Å². The molecule has 0 radical (unpaired) electrons. The number of nitrogens with one attached hydrogen (secondary N) is 1. The van der Waals surface area contributed by atoms with Crippen molar-refractivity contribution in [3.05, 3.63) is 47.8 Å². The maximum atomic E-state index is 4.36. The van der Waals surface area contributed by atoms with Crippen molar-refractivity contribution in [3.8, 4) is 0 Å². The van der Waals surface area contributed by atoms with Crippen molar-refractivity contribution in [3.63, 3.8) is 0 Å². The molecule has 1 N–H and O–H groups in total. The number of rotatable bonds is 5. The smallest absolute Gasteiger partial charge is 0.0762 e. The fraction of sp³-hybridized carbons (Fsp3) is 0.400. The number of anilines is 1. The molecule has 0 saturated heterocycles. The molecule has 1 unspecified atom stereocenters. The molecule has 0 aliphatic rings. The van der Waals surface area contributed by atoms with Gasteiger partial charge in [-0.15, -0.1) is 0 Å². The van der Waals surface area contributed by atoms with Crippen LogP contribution in [0.3, 0.4) is 0 Å². The molecular weight excluding hydrogens is 236 g/mol. The zero-order chi connectivity index (χ0) is 13.8. The maximum absolute atomic E-state index is 4.36. The quantitative estimate of drug-likeness (QED) is 0.893. The molecule has 4 nitrogen and oxygen atoms in total. The minimum atomic E-state index is 0.318. The van der Waals surface area contributed by atoms with Crippen LogP contribution in [0.5, 0.6) is 0 Å². The highest BCUT2D eigenvalue weighted by atomic mass is 15.3. The Hall–Kier alpha value is -1.81. The van der Waals surface area contributed by atoms with Crippen LogP contribution in [0.15, 0.2) is 36.5 Å². The van der Waals surface area contributed by atoms with Crippen LogP contribution >= 0.6 is 0 Å². The summed E-state index contributed by atoms with van der Waals surface area (Å²) in [6, 6.07) is 11.0. The molecule has 0 spiro atoms. The minimum Gasteiger partial charge on any atom is -0.378 e. The van der Waals surface area contributed by atoms with E-state index in [-0.39, 0.29) is 0 Å². The first-order valence-electron chi connectivity index (χ1n) is 6.55. The monoisotopic (exact) mass is 258 g/mol. The molecule has 1 aromatic heterocycles. The lowest BCUT2D eigenvalue weighted by atomic mass is 10.1. The van der Waals surface area contributed by atoms with Gasteiger partial charge in [0.05, 0.1) is 5.69 Å². The van der Waals surface area contributed by atoms with Gasteiger partial charge in [-0.05, 0) is 30.7 Å². The van der Waals surface area contributed by atoms with Gasteiger partial charge in [-0.1, -0.05) is 12.1 Å². The van der Waals surface area contributed by atoms with Crippen LogP contribution in [-0.2, 0) is 13.6 Å². The molecule has 0 aliphatic heterocycles. The third kappa shape index (κ3) is 3.58. The second-order valence-electron chi connectivity index (χ2n) is 5.07. The zero-order valence-corrected chi connectivity index (χ0v) is 12.1. The molecule has 0 amide bonds. The standard InChI is InChI=1S/C15H22N4/c1-12(16-11-14-9-10-19(4)17-14)13-5-7-15(8-6-13)18(2)3/h5-10,12,16H,11H2,1-4H3. The van der Waals surface area contributed by atoms with Gasteiger partial charge in [-0.25, -0.2) is 0 Å². The Kier molecular flexibility index (Phi) is 4.22. The van der Waals surface area contributed by atoms with E-state index in [1.165, 1.54) is 11.3 Å². The first-order chi connectivity index (χ1) is 9.06. The fourth-order valence-electron chi connectivity index (χ4n) is 1.99. The maximum Gasteiger partial charge on any atom is 0.0762 e. The summed E-state index contributed by atoms with van der Waals surface area (Å²) in [5.41, 5.74) is 3.58. The number of hydrogen-bond donors (Lipinski definition) is 1. The van der Waals surface area contributed by atoms with Crippen LogP contribution in [0, 0.1) is 0 Å². The third-order valence-electron chi connectivity index (χ3n) is 3.27. The average Bonchev–Trinajstić information content (AvgIpc) is 2.82. The number of nitrogens with zero attached hydrogens (tertiary/aromatic N) is 3. The van der Waals surface area contributed by atoms with Gasteiger partial charge in [0.25, 0.3) is 0 Å². The Morgan fingerprint density at radius 1 is 1.21 bits per heavy atom. The molecular formula is C15H22N4. The lowest BCUT2D eigenvalue weighted by Gasteiger charge is -2.16. The van der Waals surface area contributed by atoms with Crippen LogP contribution < -0.4 is 10.2 Å². The molecule has 102 valence electrons. The lowest BCUT2D eigenvalue weighted by Crippen LogP contribution is -2.18. The van der Waals surface area contributed by atoms with Gasteiger partial charge in [0, 0.05) is 45.6 Å². The predicted molar refractivity (Wildman–Crippen MR) is 79.2 cm³/mol. The molecule has 0 saturated carbocycles. The van der Waals surface area contributed by atoms with E-state index in [1.807, 2.05) is 24.0 Å². The summed E-state index contributed by atoms with van der Waals surface area (Å²) in [7, 11) is 6.04. The van der Waals surface area contributed by atoms with Gasteiger partial charge in [0.15, 0.2) is 0 Å². The number of benzene rings is 1. The number of aromatic nitrogens is 2. The normalized spacial score (nSPS) is 12.4. The first-order valence-corrected chi connectivity index (χ1v) is 6.55. The van der Waals surface area contributed by atoms with E-state index in [9.17, 15) is 0 Å². The number of aryl methyl sites for hydroxylation is 1. The molecule has 2 aromatic rings. The highest BCUT2D eigenvalue weighted by Gasteiger charge is 2.06. The van der Waals surface area contributed by atoms with Crippen molar-refractivity contribution < 1.29 is 0 Å². The zero-order valence-electron chi connectivity index (χ0n) is 12.1. The Morgan fingerprint density at radius 2 is 1.89 bits per heavy atom. The van der Waals surface area contributed by atoms with Crippen molar-refractivity contribution in [1.82, 2.24) is 15.1 Å². The Balaban J connectivity index is 1.94. The highest BCUT2D eigenvalue weighted by molar-refractivity contribution is 5.46. The van der Waals surface area contributed by atoms with Gasteiger partial charge in [0.1, 0.15) is 0 Å². The summed E-state index contributed by atoms with van der Waals surface area (Å²) >= 11 is 0. The molecule has 0 aliphatic carbocycles. The van der Waals surface area contributed by atoms with Crippen molar-refractivity contribution in [2.75, 3.05) is 19.0 Å². The van der Waals surface area contributed by atoms with Crippen molar-refractivity contribution in [2.45, 2.75) is 19.5 Å². The van der Waals surface area contributed by atoms with E-state index in [2.05, 4.69) is 60.6 Å². The molecule has 4 heteroatoms.